The maximum absolute atomic E-state index is 13.2. The van der Waals surface area contributed by atoms with Crippen LogP contribution in [0.25, 0.3) is 10.6 Å². The number of thiazole rings is 1. The number of halogens is 3. The Hall–Kier alpha value is -1.93. The summed E-state index contributed by atoms with van der Waals surface area (Å²) in [6.07, 6.45) is 0.131. The van der Waals surface area contributed by atoms with Gasteiger partial charge in [-0.25, -0.2) is 9.37 Å². The highest BCUT2D eigenvalue weighted by molar-refractivity contribution is 7.13. The number of rotatable bonds is 6. The zero-order chi connectivity index (χ0) is 17.3. The number of aromatic nitrogens is 1. The lowest BCUT2D eigenvalue weighted by Gasteiger charge is -2.19. The van der Waals surface area contributed by atoms with E-state index in [-0.39, 0.29) is 6.42 Å². The molecule has 1 aromatic carbocycles. The predicted octanol–water partition coefficient (Wildman–Crippen LogP) is 3.22. The van der Waals surface area contributed by atoms with Crippen LogP contribution in [0.15, 0.2) is 29.6 Å². The van der Waals surface area contributed by atoms with Gasteiger partial charge in [-0.1, -0.05) is 24.3 Å². The minimum Gasteiger partial charge on any atom is -0.480 e. The first-order valence-electron chi connectivity index (χ1n) is 6.67. The van der Waals surface area contributed by atoms with Crippen LogP contribution in [0.1, 0.15) is 18.2 Å². The maximum Gasteiger partial charge on any atom is 0.323 e. The van der Waals surface area contributed by atoms with Gasteiger partial charge in [-0.05, 0) is 12.5 Å². The first-order chi connectivity index (χ1) is 10.7. The van der Waals surface area contributed by atoms with Gasteiger partial charge in [0.1, 0.15) is 16.2 Å². The van der Waals surface area contributed by atoms with Crippen molar-refractivity contribution < 1.29 is 23.1 Å². The monoisotopic (exact) mass is 344 g/mol. The first kappa shape index (κ1) is 17.4. The maximum atomic E-state index is 13.2. The van der Waals surface area contributed by atoms with Gasteiger partial charge in [-0.15, -0.1) is 11.3 Å². The smallest absolute Gasteiger partial charge is 0.323 e. The van der Waals surface area contributed by atoms with Crippen molar-refractivity contribution in [2.45, 2.75) is 24.8 Å². The van der Waals surface area contributed by atoms with E-state index >= 15 is 0 Å². The quantitative estimate of drug-likeness (QED) is 0.844. The highest BCUT2D eigenvalue weighted by Gasteiger charge is 2.34. The van der Waals surface area contributed by atoms with Crippen molar-refractivity contribution in [2.75, 3.05) is 6.67 Å². The summed E-state index contributed by atoms with van der Waals surface area (Å²) in [7, 11) is 0. The van der Waals surface area contributed by atoms with Gasteiger partial charge in [0.25, 0.3) is 0 Å². The van der Waals surface area contributed by atoms with Crippen LogP contribution >= 0.6 is 11.3 Å². The topological polar surface area (TPSA) is 76.2 Å². The number of benzene rings is 1. The van der Waals surface area contributed by atoms with Crippen molar-refractivity contribution in [3.05, 3.63) is 40.9 Å². The molecule has 2 aromatic rings. The average Bonchev–Trinajstić information content (AvgIpc) is 2.98. The Balaban J connectivity index is 2.19. The normalized spacial score (nSPS) is 14.5. The molecule has 0 saturated heterocycles. The summed E-state index contributed by atoms with van der Waals surface area (Å²) in [6, 6.07) is 6.61. The summed E-state index contributed by atoms with van der Waals surface area (Å²) >= 11 is 0.992. The third-order valence-electron chi connectivity index (χ3n) is 3.31. The van der Waals surface area contributed by atoms with E-state index < -0.39 is 29.8 Å². The average molecular weight is 344 g/mol. The Morgan fingerprint density at radius 1 is 1.35 bits per heavy atom. The van der Waals surface area contributed by atoms with Gasteiger partial charge in [0.05, 0.1) is 0 Å². The van der Waals surface area contributed by atoms with Gasteiger partial charge in [0.15, 0.2) is 6.67 Å². The number of alkyl halides is 3. The second-order valence-corrected chi connectivity index (χ2v) is 6.33. The molecule has 0 radical (unpaired) electrons. The Morgan fingerprint density at radius 2 is 1.96 bits per heavy atom. The van der Waals surface area contributed by atoms with Gasteiger partial charge in [0.2, 0.25) is 0 Å². The van der Waals surface area contributed by atoms with Gasteiger partial charge in [-0.2, -0.15) is 8.78 Å². The van der Waals surface area contributed by atoms with Gasteiger partial charge in [-0.3, -0.25) is 4.79 Å². The zero-order valence-corrected chi connectivity index (χ0v) is 13.0. The third kappa shape index (κ3) is 3.89. The number of aliphatic carboxylic acids is 1. The van der Waals surface area contributed by atoms with Crippen LogP contribution in [0.4, 0.5) is 13.2 Å². The van der Waals surface area contributed by atoms with Crippen molar-refractivity contribution in [1.82, 2.24) is 4.98 Å². The summed E-state index contributed by atoms with van der Waals surface area (Å²) in [5, 5.41) is 10.5. The molecular weight excluding hydrogens is 329 g/mol. The molecule has 4 nitrogen and oxygen atoms in total. The Bertz CT molecular complexity index is 699. The summed E-state index contributed by atoms with van der Waals surface area (Å²) in [4.78, 5) is 14.8. The summed E-state index contributed by atoms with van der Waals surface area (Å²) in [5.41, 5.74) is 4.99. The molecule has 0 bridgehead atoms. The summed E-state index contributed by atoms with van der Waals surface area (Å²) < 4.78 is 38.8. The minimum atomic E-state index is -3.59. The van der Waals surface area contributed by atoms with Crippen LogP contribution in [0, 0.1) is 0 Å². The van der Waals surface area contributed by atoms with E-state index in [1.807, 2.05) is 0 Å². The van der Waals surface area contributed by atoms with Crippen molar-refractivity contribution in [3.63, 3.8) is 0 Å². The molecule has 1 atom stereocenters. The second kappa shape index (κ2) is 6.29. The van der Waals surface area contributed by atoms with Crippen molar-refractivity contribution in [3.8, 4) is 10.6 Å². The van der Waals surface area contributed by atoms with E-state index in [1.165, 1.54) is 6.92 Å². The lowest BCUT2D eigenvalue weighted by atomic mass is 9.94. The standard InChI is InChI=1S/C15H15F3N2O2S/c1-14(19,13(21)22)6-9-2-4-10(5-3-9)12-20-11(7-23-12)15(17,18)8-16/h2-5,7H,6,8,19H2,1H3,(H,21,22)/t14-/m1/s1. The van der Waals surface area contributed by atoms with Crippen LogP contribution in [-0.4, -0.2) is 28.3 Å². The highest BCUT2D eigenvalue weighted by atomic mass is 32.1. The van der Waals surface area contributed by atoms with Gasteiger partial charge in [0, 0.05) is 17.4 Å². The number of hydrogen-bond acceptors (Lipinski definition) is 4. The molecule has 1 aromatic heterocycles. The molecule has 2 rings (SSSR count). The molecule has 0 aliphatic heterocycles. The van der Waals surface area contributed by atoms with E-state index in [1.54, 1.807) is 24.3 Å². The molecule has 0 unspecified atom stereocenters. The van der Waals surface area contributed by atoms with Gasteiger partial charge >= 0.3 is 11.9 Å². The lowest BCUT2D eigenvalue weighted by Crippen LogP contribution is -2.46. The van der Waals surface area contributed by atoms with Crippen LogP contribution in [0.5, 0.6) is 0 Å². The van der Waals surface area contributed by atoms with Crippen LogP contribution < -0.4 is 5.73 Å². The molecule has 23 heavy (non-hydrogen) atoms. The fourth-order valence-electron chi connectivity index (χ4n) is 1.91. The molecule has 0 aliphatic carbocycles. The Kier molecular flexibility index (Phi) is 4.76. The van der Waals surface area contributed by atoms with Crippen molar-refractivity contribution in [1.29, 1.82) is 0 Å². The largest absolute Gasteiger partial charge is 0.480 e. The molecule has 3 N–H and O–H groups in total. The molecule has 0 amide bonds. The predicted molar refractivity (Wildman–Crippen MR) is 81.4 cm³/mol. The van der Waals surface area contributed by atoms with Crippen molar-refractivity contribution >= 4 is 17.3 Å². The zero-order valence-electron chi connectivity index (χ0n) is 12.2. The Morgan fingerprint density at radius 3 is 2.48 bits per heavy atom. The first-order valence-corrected chi connectivity index (χ1v) is 7.55. The summed E-state index contributed by atoms with van der Waals surface area (Å²) in [6.45, 7) is -0.380. The molecular formula is C15H15F3N2O2S. The van der Waals surface area contributed by atoms with Crippen molar-refractivity contribution in [2.24, 2.45) is 5.73 Å². The van der Waals surface area contributed by atoms with E-state index in [9.17, 15) is 18.0 Å². The number of nitrogens with zero attached hydrogens (tertiary/aromatic N) is 1. The molecule has 124 valence electrons. The van der Waals surface area contributed by atoms with Crippen LogP contribution in [0.3, 0.4) is 0 Å². The fraction of sp³-hybridized carbons (Fsp3) is 0.333. The summed E-state index contributed by atoms with van der Waals surface area (Å²) in [5.74, 6) is -4.70. The molecule has 0 fully saturated rings. The van der Waals surface area contributed by atoms with E-state index in [0.717, 1.165) is 16.7 Å². The molecule has 0 aliphatic rings. The number of hydrogen-bond donors (Lipinski definition) is 2. The third-order valence-corrected chi connectivity index (χ3v) is 4.20. The van der Waals surface area contributed by atoms with E-state index in [4.69, 9.17) is 10.8 Å². The van der Waals surface area contributed by atoms with Crippen LogP contribution in [0.2, 0.25) is 0 Å². The number of nitrogens with two attached hydrogens (primary N) is 1. The molecule has 0 spiro atoms. The second-order valence-electron chi connectivity index (χ2n) is 5.47. The molecule has 0 saturated carbocycles. The van der Waals surface area contributed by atoms with E-state index in [2.05, 4.69) is 4.98 Å². The molecule has 1 heterocycles. The highest BCUT2D eigenvalue weighted by Crippen LogP contribution is 2.33. The SMILES string of the molecule is C[C@@](N)(Cc1ccc(-c2nc(C(F)(F)CF)cs2)cc1)C(=O)O. The van der Waals surface area contributed by atoms with E-state index in [0.29, 0.717) is 16.1 Å². The van der Waals surface area contributed by atoms with Crippen LogP contribution in [-0.2, 0) is 17.1 Å². The molecule has 8 heteroatoms. The number of carbonyl (C=O) groups is 1. The van der Waals surface area contributed by atoms with Gasteiger partial charge < -0.3 is 10.8 Å². The number of carboxylic acids is 1. The Labute approximate surface area is 134 Å². The fourth-order valence-corrected chi connectivity index (χ4v) is 2.78. The number of carboxylic acid groups (broad SMARTS) is 1. The minimum absolute atomic E-state index is 0.131. The lowest BCUT2D eigenvalue weighted by molar-refractivity contribution is -0.142.